The molecule has 3 aromatic rings. The number of carbonyl (C=O) groups excluding carboxylic acids is 1. The van der Waals surface area contributed by atoms with Gasteiger partial charge in [-0.05, 0) is 51.8 Å². The quantitative estimate of drug-likeness (QED) is 0.417. The highest BCUT2D eigenvalue weighted by atomic mass is 16.5. The van der Waals surface area contributed by atoms with Crippen LogP contribution >= 0.6 is 0 Å². The fourth-order valence-electron chi connectivity index (χ4n) is 3.49. The zero-order valence-corrected chi connectivity index (χ0v) is 20.3. The van der Waals surface area contributed by atoms with Gasteiger partial charge in [0, 0.05) is 18.4 Å². The molecule has 2 aromatic carbocycles. The van der Waals surface area contributed by atoms with Crippen LogP contribution in [-0.4, -0.2) is 18.1 Å². The molecular formula is C28H34N2O2. The first kappa shape index (κ1) is 23.5. The molecule has 3 rings (SSSR count). The maximum absolute atomic E-state index is 11.9. The van der Waals surface area contributed by atoms with E-state index in [2.05, 4.69) is 81.8 Å². The normalized spacial score (nSPS) is 11.8. The van der Waals surface area contributed by atoms with Crippen LogP contribution in [0.5, 0.6) is 0 Å². The molecule has 0 aliphatic carbocycles. The molecule has 0 aliphatic rings. The summed E-state index contributed by atoms with van der Waals surface area (Å²) in [4.78, 5) is 18.7. The van der Waals surface area contributed by atoms with E-state index in [1.165, 1.54) is 23.8 Å². The Kier molecular flexibility index (Phi) is 6.73. The van der Waals surface area contributed by atoms with Crippen molar-refractivity contribution in [2.24, 2.45) is 0 Å². The topological polar surface area (TPSA) is 42.4 Å². The predicted octanol–water partition coefficient (Wildman–Crippen LogP) is 6.80. The Bertz CT molecular complexity index is 1030. The van der Waals surface area contributed by atoms with Crippen molar-refractivity contribution in [2.45, 2.75) is 58.9 Å². The van der Waals surface area contributed by atoms with Gasteiger partial charge >= 0.3 is 5.97 Å². The first-order valence-corrected chi connectivity index (χ1v) is 11.0. The van der Waals surface area contributed by atoms with Crippen molar-refractivity contribution in [3.63, 3.8) is 0 Å². The molecule has 1 heterocycles. The molecule has 32 heavy (non-hydrogen) atoms. The van der Waals surface area contributed by atoms with Crippen molar-refractivity contribution in [3.05, 3.63) is 89.1 Å². The summed E-state index contributed by atoms with van der Waals surface area (Å²) in [7, 11) is 1.38. The number of benzene rings is 2. The lowest BCUT2D eigenvalue weighted by Gasteiger charge is -2.30. The van der Waals surface area contributed by atoms with Crippen molar-refractivity contribution in [3.8, 4) is 0 Å². The van der Waals surface area contributed by atoms with Crippen molar-refractivity contribution >= 4 is 17.5 Å². The van der Waals surface area contributed by atoms with Crippen LogP contribution in [0.3, 0.4) is 0 Å². The Hall–Kier alpha value is -3.14. The van der Waals surface area contributed by atoms with Crippen molar-refractivity contribution in [1.29, 1.82) is 0 Å². The number of nitrogens with zero attached hydrogens (tertiary/aromatic N) is 2. The number of rotatable bonds is 5. The Balaban J connectivity index is 2.15. The number of methoxy groups -OCH3 is 1. The van der Waals surface area contributed by atoms with Crippen molar-refractivity contribution in [1.82, 2.24) is 4.98 Å². The molecule has 0 bridgehead atoms. The third-order valence-electron chi connectivity index (χ3n) is 5.59. The van der Waals surface area contributed by atoms with Crippen LogP contribution < -0.4 is 4.90 Å². The summed E-state index contributed by atoms with van der Waals surface area (Å²) in [6.07, 6.45) is 1.58. The number of hydrogen-bond acceptors (Lipinski definition) is 4. The molecule has 0 unspecified atom stereocenters. The van der Waals surface area contributed by atoms with E-state index in [0.29, 0.717) is 12.1 Å². The molecule has 0 aliphatic heterocycles. The van der Waals surface area contributed by atoms with Gasteiger partial charge in [-0.2, -0.15) is 0 Å². The highest BCUT2D eigenvalue weighted by Gasteiger charge is 2.23. The molecule has 0 spiro atoms. The Morgan fingerprint density at radius 1 is 0.875 bits per heavy atom. The fraction of sp³-hybridized carbons (Fsp3) is 0.357. The molecule has 0 saturated heterocycles. The Labute approximate surface area is 192 Å². The summed E-state index contributed by atoms with van der Waals surface area (Å²) >= 11 is 0. The lowest BCUT2D eigenvalue weighted by molar-refractivity contribution is 0.0600. The lowest BCUT2D eigenvalue weighted by Crippen LogP contribution is -2.22. The molecule has 0 amide bonds. The van der Waals surface area contributed by atoms with E-state index in [0.717, 1.165) is 11.5 Å². The van der Waals surface area contributed by atoms with E-state index in [-0.39, 0.29) is 16.8 Å². The second kappa shape index (κ2) is 9.15. The number of esters is 1. The van der Waals surface area contributed by atoms with E-state index >= 15 is 0 Å². The second-order valence-electron chi connectivity index (χ2n) is 10.2. The number of carbonyl (C=O) groups is 1. The van der Waals surface area contributed by atoms with Crippen LogP contribution in [0.15, 0.2) is 66.9 Å². The number of aromatic nitrogens is 1. The number of hydrogen-bond donors (Lipinski definition) is 0. The van der Waals surface area contributed by atoms with Gasteiger partial charge in [-0.1, -0.05) is 77.9 Å². The SMILES string of the molecule is COC(=O)c1ccc(N(Cc2ccccc2)c2cc(C(C)(C)C)cc(C(C)(C)C)c2)nc1. The van der Waals surface area contributed by atoms with Gasteiger partial charge in [-0.15, -0.1) is 0 Å². The van der Waals surface area contributed by atoms with Crippen LogP contribution in [0, 0.1) is 0 Å². The van der Waals surface area contributed by atoms with Crippen LogP contribution in [0.1, 0.15) is 68.6 Å². The smallest absolute Gasteiger partial charge is 0.339 e. The molecule has 0 saturated carbocycles. The van der Waals surface area contributed by atoms with Gasteiger partial charge in [-0.25, -0.2) is 9.78 Å². The minimum absolute atomic E-state index is 0.0105. The lowest BCUT2D eigenvalue weighted by atomic mass is 9.80. The van der Waals surface area contributed by atoms with Gasteiger partial charge in [0.25, 0.3) is 0 Å². The maximum atomic E-state index is 11.9. The third-order valence-corrected chi connectivity index (χ3v) is 5.59. The summed E-state index contributed by atoms with van der Waals surface area (Å²) in [5.41, 5.74) is 5.30. The highest BCUT2D eigenvalue weighted by Crippen LogP contribution is 2.36. The monoisotopic (exact) mass is 430 g/mol. The van der Waals surface area contributed by atoms with E-state index in [1.54, 1.807) is 12.3 Å². The van der Waals surface area contributed by atoms with Crippen molar-refractivity contribution < 1.29 is 9.53 Å². The Morgan fingerprint density at radius 3 is 1.94 bits per heavy atom. The van der Waals surface area contributed by atoms with E-state index in [1.807, 2.05) is 24.3 Å². The van der Waals surface area contributed by atoms with Gasteiger partial charge in [0.05, 0.1) is 12.7 Å². The predicted molar refractivity (Wildman–Crippen MR) is 132 cm³/mol. The number of anilines is 2. The highest BCUT2D eigenvalue weighted by molar-refractivity contribution is 5.89. The summed E-state index contributed by atoms with van der Waals surface area (Å²) < 4.78 is 4.83. The van der Waals surface area contributed by atoms with Gasteiger partial charge < -0.3 is 9.64 Å². The molecule has 0 fully saturated rings. The zero-order valence-electron chi connectivity index (χ0n) is 20.3. The summed E-state index contributed by atoms with van der Waals surface area (Å²) in [5, 5.41) is 0. The van der Waals surface area contributed by atoms with Crippen LogP contribution in [0.25, 0.3) is 0 Å². The molecule has 0 N–H and O–H groups in total. The molecule has 4 heteroatoms. The average molecular weight is 431 g/mol. The third kappa shape index (κ3) is 5.56. The zero-order chi connectivity index (χ0) is 23.5. The van der Waals surface area contributed by atoms with E-state index in [9.17, 15) is 4.79 Å². The van der Waals surface area contributed by atoms with Gasteiger partial charge in [0.2, 0.25) is 0 Å². The average Bonchev–Trinajstić information content (AvgIpc) is 2.76. The molecule has 168 valence electrons. The fourth-order valence-corrected chi connectivity index (χ4v) is 3.49. The number of ether oxygens (including phenoxy) is 1. The maximum Gasteiger partial charge on any atom is 0.339 e. The molecular weight excluding hydrogens is 396 g/mol. The van der Waals surface area contributed by atoms with Crippen LogP contribution in [0.2, 0.25) is 0 Å². The Morgan fingerprint density at radius 2 is 1.47 bits per heavy atom. The summed E-state index contributed by atoms with van der Waals surface area (Å²) in [6, 6.07) is 20.8. The molecule has 1 aromatic heterocycles. The molecule has 0 radical (unpaired) electrons. The largest absolute Gasteiger partial charge is 0.465 e. The first-order valence-electron chi connectivity index (χ1n) is 11.0. The second-order valence-corrected chi connectivity index (χ2v) is 10.2. The van der Waals surface area contributed by atoms with Crippen LogP contribution in [-0.2, 0) is 22.1 Å². The van der Waals surface area contributed by atoms with E-state index in [4.69, 9.17) is 4.74 Å². The van der Waals surface area contributed by atoms with E-state index < -0.39 is 0 Å². The minimum Gasteiger partial charge on any atom is -0.465 e. The standard InChI is InChI=1S/C28H34N2O2/c1-27(2,3)22-15-23(28(4,5)6)17-24(16-22)30(19-20-11-9-8-10-12-20)25-14-13-21(18-29-25)26(31)32-7/h8-18H,19H2,1-7H3. The summed E-state index contributed by atoms with van der Waals surface area (Å²) in [5.74, 6) is 0.399. The molecule has 4 nitrogen and oxygen atoms in total. The summed E-state index contributed by atoms with van der Waals surface area (Å²) in [6.45, 7) is 14.1. The molecule has 0 atom stereocenters. The van der Waals surface area contributed by atoms with Gasteiger partial charge in [-0.3, -0.25) is 0 Å². The van der Waals surface area contributed by atoms with Gasteiger partial charge in [0.15, 0.2) is 0 Å². The first-order chi connectivity index (χ1) is 15.0. The minimum atomic E-state index is -0.386. The number of pyridine rings is 1. The van der Waals surface area contributed by atoms with Crippen LogP contribution in [0.4, 0.5) is 11.5 Å². The van der Waals surface area contributed by atoms with Gasteiger partial charge in [0.1, 0.15) is 5.82 Å². The van der Waals surface area contributed by atoms with Crippen molar-refractivity contribution in [2.75, 3.05) is 12.0 Å².